The molecule has 3 rings (SSSR count). The molecular weight excluding hydrogens is 398 g/mol. The zero-order valence-electron chi connectivity index (χ0n) is 16.0. The van der Waals surface area contributed by atoms with E-state index in [0.29, 0.717) is 31.2 Å². The number of hydrogen-bond acceptors (Lipinski definition) is 4. The molecule has 150 valence electrons. The average molecular weight is 422 g/mol. The highest BCUT2D eigenvalue weighted by molar-refractivity contribution is 7.89. The van der Waals surface area contributed by atoms with E-state index < -0.39 is 10.0 Å². The van der Waals surface area contributed by atoms with Gasteiger partial charge in [0.05, 0.1) is 11.4 Å². The molecule has 1 amide bonds. The van der Waals surface area contributed by atoms with Crippen molar-refractivity contribution in [2.24, 2.45) is 0 Å². The summed E-state index contributed by atoms with van der Waals surface area (Å²) in [4.78, 5) is 14.5. The van der Waals surface area contributed by atoms with E-state index in [4.69, 9.17) is 11.6 Å². The van der Waals surface area contributed by atoms with Crippen molar-refractivity contribution in [2.45, 2.75) is 18.7 Å². The van der Waals surface area contributed by atoms with Gasteiger partial charge in [-0.05, 0) is 61.4 Å². The standard InChI is InChI=1S/C20H24ClN3O3S/c1-15-11-16(2)13-18(12-15)22-20(25)14-23-7-9-24(10-8-23)28(26,27)19-5-3-17(21)4-6-19/h3-6,11-13H,7-10,14H2,1-2H3,(H,22,25). The molecule has 0 aliphatic carbocycles. The van der Waals surface area contributed by atoms with Crippen LogP contribution in [0.25, 0.3) is 0 Å². The van der Waals surface area contributed by atoms with Gasteiger partial charge in [-0.2, -0.15) is 4.31 Å². The van der Waals surface area contributed by atoms with Gasteiger partial charge >= 0.3 is 0 Å². The van der Waals surface area contributed by atoms with E-state index in [0.717, 1.165) is 16.8 Å². The van der Waals surface area contributed by atoms with Crippen LogP contribution < -0.4 is 5.32 Å². The van der Waals surface area contributed by atoms with E-state index in [-0.39, 0.29) is 17.3 Å². The number of nitrogens with one attached hydrogen (secondary N) is 1. The first-order chi connectivity index (χ1) is 13.2. The van der Waals surface area contributed by atoms with Crippen molar-refractivity contribution >= 4 is 33.2 Å². The topological polar surface area (TPSA) is 69.7 Å². The van der Waals surface area contributed by atoms with Crippen LogP contribution in [0, 0.1) is 13.8 Å². The molecule has 28 heavy (non-hydrogen) atoms. The Morgan fingerprint density at radius 2 is 1.57 bits per heavy atom. The molecule has 1 aliphatic heterocycles. The zero-order valence-corrected chi connectivity index (χ0v) is 17.6. The first-order valence-electron chi connectivity index (χ1n) is 9.10. The number of amides is 1. The Morgan fingerprint density at radius 3 is 2.14 bits per heavy atom. The van der Waals surface area contributed by atoms with Crippen LogP contribution in [-0.2, 0) is 14.8 Å². The summed E-state index contributed by atoms with van der Waals surface area (Å²) >= 11 is 5.84. The van der Waals surface area contributed by atoms with Gasteiger partial charge in [0.2, 0.25) is 15.9 Å². The third-order valence-corrected chi connectivity index (χ3v) is 6.82. The third kappa shape index (κ3) is 5.11. The van der Waals surface area contributed by atoms with Crippen LogP contribution in [0.1, 0.15) is 11.1 Å². The summed E-state index contributed by atoms with van der Waals surface area (Å²) in [6.07, 6.45) is 0. The molecule has 1 N–H and O–H groups in total. The fourth-order valence-electron chi connectivity index (χ4n) is 3.33. The largest absolute Gasteiger partial charge is 0.325 e. The predicted molar refractivity (Wildman–Crippen MR) is 111 cm³/mol. The number of rotatable bonds is 5. The Balaban J connectivity index is 1.55. The Labute approximate surface area is 171 Å². The summed E-state index contributed by atoms with van der Waals surface area (Å²) < 4.78 is 26.9. The minimum atomic E-state index is -3.54. The van der Waals surface area contributed by atoms with Crippen molar-refractivity contribution in [1.82, 2.24) is 9.21 Å². The lowest BCUT2D eigenvalue weighted by Crippen LogP contribution is -2.50. The molecule has 1 saturated heterocycles. The van der Waals surface area contributed by atoms with E-state index in [9.17, 15) is 13.2 Å². The number of nitrogens with zero attached hydrogens (tertiary/aromatic N) is 2. The van der Waals surface area contributed by atoms with Crippen molar-refractivity contribution in [1.29, 1.82) is 0 Å². The second-order valence-corrected chi connectivity index (χ2v) is 9.43. The number of aryl methyl sites for hydroxylation is 2. The van der Waals surface area contributed by atoms with E-state index >= 15 is 0 Å². The molecule has 1 heterocycles. The van der Waals surface area contributed by atoms with Crippen molar-refractivity contribution in [2.75, 3.05) is 38.0 Å². The molecular formula is C20H24ClN3O3S. The number of piperazine rings is 1. The number of anilines is 1. The van der Waals surface area contributed by atoms with Crippen LogP contribution in [0.3, 0.4) is 0 Å². The molecule has 0 unspecified atom stereocenters. The van der Waals surface area contributed by atoms with Crippen LogP contribution in [0.5, 0.6) is 0 Å². The fourth-order valence-corrected chi connectivity index (χ4v) is 4.88. The highest BCUT2D eigenvalue weighted by Gasteiger charge is 2.29. The quantitative estimate of drug-likeness (QED) is 0.805. The summed E-state index contributed by atoms with van der Waals surface area (Å²) in [5.74, 6) is -0.0981. The second-order valence-electron chi connectivity index (χ2n) is 7.06. The fraction of sp³-hybridized carbons (Fsp3) is 0.350. The lowest BCUT2D eigenvalue weighted by molar-refractivity contribution is -0.117. The Bertz CT molecular complexity index is 933. The molecule has 0 radical (unpaired) electrons. The Morgan fingerprint density at radius 1 is 1.00 bits per heavy atom. The first-order valence-corrected chi connectivity index (χ1v) is 10.9. The summed E-state index contributed by atoms with van der Waals surface area (Å²) in [6.45, 7) is 5.93. The van der Waals surface area contributed by atoms with E-state index in [1.165, 1.54) is 16.4 Å². The van der Waals surface area contributed by atoms with Crippen LogP contribution in [0.2, 0.25) is 5.02 Å². The minimum Gasteiger partial charge on any atom is -0.325 e. The van der Waals surface area contributed by atoms with E-state index in [2.05, 4.69) is 11.4 Å². The minimum absolute atomic E-state index is 0.0981. The molecule has 6 nitrogen and oxygen atoms in total. The number of carbonyl (C=O) groups excluding carboxylic acids is 1. The number of sulfonamides is 1. The smallest absolute Gasteiger partial charge is 0.243 e. The van der Waals surface area contributed by atoms with Crippen molar-refractivity contribution in [3.63, 3.8) is 0 Å². The van der Waals surface area contributed by atoms with Gasteiger partial charge in [0.1, 0.15) is 0 Å². The molecule has 0 atom stereocenters. The normalized spacial score (nSPS) is 16.1. The van der Waals surface area contributed by atoms with Crippen LogP contribution in [0.15, 0.2) is 47.4 Å². The molecule has 1 aliphatic rings. The van der Waals surface area contributed by atoms with Crippen LogP contribution in [0.4, 0.5) is 5.69 Å². The van der Waals surface area contributed by atoms with Gasteiger partial charge in [-0.1, -0.05) is 17.7 Å². The van der Waals surface area contributed by atoms with Crippen molar-refractivity contribution < 1.29 is 13.2 Å². The van der Waals surface area contributed by atoms with Gasteiger partial charge in [-0.3, -0.25) is 9.69 Å². The molecule has 2 aromatic carbocycles. The van der Waals surface area contributed by atoms with Gasteiger partial charge in [0.25, 0.3) is 0 Å². The zero-order chi connectivity index (χ0) is 20.3. The molecule has 0 bridgehead atoms. The second kappa shape index (κ2) is 8.61. The number of halogens is 1. The molecule has 0 saturated carbocycles. The summed E-state index contributed by atoms with van der Waals surface area (Å²) in [5, 5.41) is 3.42. The lowest BCUT2D eigenvalue weighted by Gasteiger charge is -2.33. The van der Waals surface area contributed by atoms with Gasteiger partial charge in [0, 0.05) is 36.9 Å². The van der Waals surface area contributed by atoms with Crippen LogP contribution in [-0.4, -0.2) is 56.3 Å². The van der Waals surface area contributed by atoms with Crippen molar-refractivity contribution in [3.05, 3.63) is 58.6 Å². The Kier molecular flexibility index (Phi) is 6.40. The average Bonchev–Trinajstić information content (AvgIpc) is 2.61. The molecule has 0 aromatic heterocycles. The molecule has 0 spiro atoms. The maximum Gasteiger partial charge on any atom is 0.243 e. The summed E-state index contributed by atoms with van der Waals surface area (Å²) in [5.41, 5.74) is 2.97. The van der Waals surface area contributed by atoms with Crippen LogP contribution >= 0.6 is 11.6 Å². The van der Waals surface area contributed by atoms with Crippen molar-refractivity contribution in [3.8, 4) is 0 Å². The van der Waals surface area contributed by atoms with Gasteiger partial charge in [0.15, 0.2) is 0 Å². The highest BCUT2D eigenvalue weighted by atomic mass is 35.5. The lowest BCUT2D eigenvalue weighted by atomic mass is 10.1. The van der Waals surface area contributed by atoms with E-state index in [1.54, 1.807) is 12.1 Å². The van der Waals surface area contributed by atoms with Gasteiger partial charge in [-0.15, -0.1) is 0 Å². The molecule has 1 fully saturated rings. The maximum absolute atomic E-state index is 12.7. The summed E-state index contributed by atoms with van der Waals surface area (Å²) in [7, 11) is -3.54. The van der Waals surface area contributed by atoms with Gasteiger partial charge < -0.3 is 5.32 Å². The number of benzene rings is 2. The van der Waals surface area contributed by atoms with Gasteiger partial charge in [-0.25, -0.2) is 8.42 Å². The predicted octanol–water partition coefficient (Wildman–Crippen LogP) is 2.90. The first kappa shape index (κ1) is 20.8. The highest BCUT2D eigenvalue weighted by Crippen LogP contribution is 2.20. The summed E-state index contributed by atoms with van der Waals surface area (Å²) in [6, 6.07) is 12.1. The third-order valence-electron chi connectivity index (χ3n) is 4.66. The number of carbonyl (C=O) groups is 1. The SMILES string of the molecule is Cc1cc(C)cc(NC(=O)CN2CCN(S(=O)(=O)c3ccc(Cl)cc3)CC2)c1. The Hall–Kier alpha value is -1.93. The molecule has 8 heteroatoms. The molecule has 2 aromatic rings. The monoisotopic (exact) mass is 421 g/mol. The maximum atomic E-state index is 12.7. The van der Waals surface area contributed by atoms with E-state index in [1.807, 2.05) is 30.9 Å². The number of hydrogen-bond donors (Lipinski definition) is 1.